The highest BCUT2D eigenvalue weighted by atomic mass is 32.2. The van der Waals surface area contributed by atoms with Crippen LogP contribution < -0.4 is 4.90 Å². The van der Waals surface area contributed by atoms with E-state index >= 15 is 0 Å². The van der Waals surface area contributed by atoms with Crippen molar-refractivity contribution in [2.24, 2.45) is 0 Å². The normalized spacial score (nSPS) is 22.5. The van der Waals surface area contributed by atoms with E-state index in [9.17, 15) is 27.9 Å². The highest BCUT2D eigenvalue weighted by Gasteiger charge is 2.66. The summed E-state index contributed by atoms with van der Waals surface area (Å²) in [5, 5.41) is 11.7. The lowest BCUT2D eigenvalue weighted by Crippen LogP contribution is -2.52. The number of hydrogen-bond donors (Lipinski definition) is 1. The van der Waals surface area contributed by atoms with Gasteiger partial charge in [0.15, 0.2) is 5.54 Å². The van der Waals surface area contributed by atoms with Crippen LogP contribution in [0.3, 0.4) is 0 Å². The maximum absolute atomic E-state index is 14.5. The molecule has 2 aromatic carbocycles. The van der Waals surface area contributed by atoms with Gasteiger partial charge in [0.05, 0.1) is 29.4 Å². The number of nitrogens with zero attached hydrogens (tertiary/aromatic N) is 4. The number of fused-ring (bicyclic) bond motifs is 2. The predicted molar refractivity (Wildman–Crippen MR) is 156 cm³/mol. The number of aliphatic hydroxyl groups excluding tert-OH is 1. The fourth-order valence-corrected chi connectivity index (χ4v) is 7.00. The minimum Gasteiger partial charge on any atom is -0.507 e. The zero-order valence-corrected chi connectivity index (χ0v) is 24.9. The maximum atomic E-state index is 14.5. The van der Waals surface area contributed by atoms with Gasteiger partial charge in [-0.3, -0.25) is 19.3 Å². The second-order valence-corrected chi connectivity index (χ2v) is 13.0. The molecule has 3 aliphatic rings. The maximum Gasteiger partial charge on any atom is 0.296 e. The lowest BCUT2D eigenvalue weighted by Gasteiger charge is -2.35. The molecule has 1 atom stereocenters. The minimum atomic E-state index is -3.87. The fraction of sp³-hybridized carbons (Fsp3) is 0.433. The molecule has 224 valence electrons. The summed E-state index contributed by atoms with van der Waals surface area (Å²) in [6, 6.07) is 12.5. The highest BCUT2D eigenvalue weighted by Crippen LogP contribution is 2.53. The molecule has 5 rings (SSSR count). The lowest BCUT2D eigenvalue weighted by molar-refractivity contribution is -0.143. The zero-order chi connectivity index (χ0) is 30.2. The third kappa shape index (κ3) is 4.72. The molecular weight excluding hydrogens is 560 g/mol. The van der Waals surface area contributed by atoms with Crippen molar-refractivity contribution in [2.75, 3.05) is 64.9 Å². The van der Waals surface area contributed by atoms with E-state index in [4.69, 9.17) is 4.74 Å². The number of anilines is 1. The number of benzene rings is 2. The monoisotopic (exact) mass is 596 g/mol. The van der Waals surface area contributed by atoms with E-state index in [0.29, 0.717) is 50.4 Å². The molecule has 0 aliphatic carbocycles. The molecule has 2 saturated heterocycles. The van der Waals surface area contributed by atoms with Gasteiger partial charge in [-0.05, 0) is 31.0 Å². The van der Waals surface area contributed by atoms with E-state index in [-0.39, 0.29) is 22.6 Å². The van der Waals surface area contributed by atoms with Gasteiger partial charge in [0.1, 0.15) is 5.76 Å². The molecule has 2 amide bonds. The van der Waals surface area contributed by atoms with Crippen LogP contribution in [0.25, 0.3) is 5.76 Å². The van der Waals surface area contributed by atoms with Crippen molar-refractivity contribution in [3.8, 4) is 0 Å². The summed E-state index contributed by atoms with van der Waals surface area (Å²) in [5.74, 6) is -2.95. The van der Waals surface area contributed by atoms with Crippen LogP contribution in [0.5, 0.6) is 0 Å². The van der Waals surface area contributed by atoms with Crippen LogP contribution in [-0.2, 0) is 34.7 Å². The van der Waals surface area contributed by atoms with Crippen LogP contribution in [0.1, 0.15) is 30.9 Å². The summed E-state index contributed by atoms with van der Waals surface area (Å²) < 4.78 is 32.2. The van der Waals surface area contributed by atoms with Crippen molar-refractivity contribution in [3.63, 3.8) is 0 Å². The SMILES string of the molecule is CCCN1C(=O)C2(/C(=C(/O)c3cccc(S(=O)(=O)N(C)C)c3)C(=O)C(=O)N2CCCN2CCOCC2)c2ccccc21. The summed E-state index contributed by atoms with van der Waals surface area (Å²) in [5.41, 5.74) is -1.21. The standard InChI is InChI=1S/C30H36N4O7S/c1-4-13-33-24-12-6-5-11-23(24)30(29(33)38)25(26(35)21-9-7-10-22(20-21)42(39,40)31(2)3)27(36)28(37)34(30)15-8-14-32-16-18-41-19-17-32/h5-7,9-12,20,35H,4,8,13-19H2,1-3H3/b26-25+. The first kappa shape index (κ1) is 29.9. The van der Waals surface area contributed by atoms with Crippen LogP contribution in [-0.4, -0.2) is 105 Å². The van der Waals surface area contributed by atoms with Gasteiger partial charge in [0.25, 0.3) is 17.6 Å². The number of ketones is 1. The largest absolute Gasteiger partial charge is 0.507 e. The average Bonchev–Trinajstić information content (AvgIpc) is 3.36. The lowest BCUT2D eigenvalue weighted by atomic mass is 9.82. The smallest absolute Gasteiger partial charge is 0.296 e. The first-order valence-corrected chi connectivity index (χ1v) is 15.5. The van der Waals surface area contributed by atoms with Crippen LogP contribution in [0.4, 0.5) is 5.69 Å². The first-order chi connectivity index (χ1) is 20.1. The number of Topliss-reactive ketones (excluding diaryl/α,β-unsaturated/α-hetero) is 1. The Morgan fingerprint density at radius 3 is 2.40 bits per heavy atom. The number of hydrogen-bond acceptors (Lipinski definition) is 8. The summed E-state index contributed by atoms with van der Waals surface area (Å²) in [7, 11) is -1.09. The molecule has 2 aromatic rings. The number of aliphatic hydroxyl groups is 1. The first-order valence-electron chi connectivity index (χ1n) is 14.1. The molecule has 2 fully saturated rings. The molecule has 1 unspecified atom stereocenters. The summed E-state index contributed by atoms with van der Waals surface area (Å²) in [6.07, 6.45) is 1.12. The van der Waals surface area contributed by atoms with Gasteiger partial charge < -0.3 is 19.6 Å². The van der Waals surface area contributed by atoms with E-state index < -0.39 is 38.9 Å². The zero-order valence-electron chi connectivity index (χ0n) is 24.1. The van der Waals surface area contributed by atoms with Gasteiger partial charge in [0, 0.05) is 57.9 Å². The van der Waals surface area contributed by atoms with Gasteiger partial charge in [-0.1, -0.05) is 37.3 Å². The highest BCUT2D eigenvalue weighted by molar-refractivity contribution is 7.89. The van der Waals surface area contributed by atoms with Crippen molar-refractivity contribution >= 4 is 39.1 Å². The molecule has 1 spiro atoms. The van der Waals surface area contributed by atoms with Crippen molar-refractivity contribution in [2.45, 2.75) is 30.2 Å². The summed E-state index contributed by atoms with van der Waals surface area (Å²) in [6.45, 7) is 5.77. The Balaban J connectivity index is 1.68. The number of carbonyl (C=O) groups excluding carboxylic acids is 3. The Labute approximate surface area is 246 Å². The number of carbonyl (C=O) groups is 3. The van der Waals surface area contributed by atoms with Gasteiger partial charge >= 0.3 is 0 Å². The fourth-order valence-electron chi connectivity index (χ4n) is 6.05. The quantitative estimate of drug-likeness (QED) is 0.265. The Hall–Kier alpha value is -3.58. The van der Waals surface area contributed by atoms with Crippen molar-refractivity contribution in [3.05, 3.63) is 65.2 Å². The van der Waals surface area contributed by atoms with Gasteiger partial charge in [-0.25, -0.2) is 12.7 Å². The molecular formula is C30H36N4O7S. The van der Waals surface area contributed by atoms with E-state index in [1.165, 1.54) is 43.3 Å². The van der Waals surface area contributed by atoms with E-state index in [0.717, 1.165) is 17.4 Å². The second kappa shape index (κ2) is 11.6. The molecule has 0 saturated carbocycles. The van der Waals surface area contributed by atoms with Crippen LogP contribution in [0.2, 0.25) is 0 Å². The molecule has 0 bridgehead atoms. The Morgan fingerprint density at radius 2 is 1.71 bits per heavy atom. The molecule has 42 heavy (non-hydrogen) atoms. The van der Waals surface area contributed by atoms with Crippen LogP contribution in [0.15, 0.2) is 59.0 Å². The third-order valence-electron chi connectivity index (χ3n) is 8.10. The van der Waals surface area contributed by atoms with E-state index in [1.54, 1.807) is 29.2 Å². The van der Waals surface area contributed by atoms with Gasteiger partial charge in [0.2, 0.25) is 10.0 Å². The minimum absolute atomic E-state index is 0.0165. The Kier molecular flexibility index (Phi) is 8.26. The number of morpholine rings is 1. The predicted octanol–water partition coefficient (Wildman–Crippen LogP) is 1.99. The van der Waals surface area contributed by atoms with Crippen LogP contribution >= 0.6 is 0 Å². The Bertz CT molecular complexity index is 1550. The number of rotatable bonds is 9. The van der Waals surface area contributed by atoms with E-state index in [2.05, 4.69) is 4.90 Å². The molecule has 11 nitrogen and oxygen atoms in total. The van der Waals surface area contributed by atoms with Crippen LogP contribution in [0, 0.1) is 0 Å². The summed E-state index contributed by atoms with van der Waals surface area (Å²) >= 11 is 0. The third-order valence-corrected chi connectivity index (χ3v) is 9.91. The molecule has 12 heteroatoms. The molecule has 0 radical (unpaired) electrons. The number of ether oxygens (including phenoxy) is 1. The number of para-hydroxylation sites is 1. The average molecular weight is 597 g/mol. The van der Waals surface area contributed by atoms with Crippen molar-refractivity contribution in [1.29, 1.82) is 0 Å². The number of sulfonamides is 1. The van der Waals surface area contributed by atoms with Gasteiger partial charge in [-0.2, -0.15) is 0 Å². The van der Waals surface area contributed by atoms with Crippen molar-refractivity contribution < 1.29 is 32.6 Å². The van der Waals surface area contributed by atoms with Crippen molar-refractivity contribution in [1.82, 2.24) is 14.1 Å². The number of likely N-dealkylation sites (tertiary alicyclic amines) is 1. The number of amides is 2. The Morgan fingerprint density at radius 1 is 1.00 bits per heavy atom. The van der Waals surface area contributed by atoms with Gasteiger partial charge in [-0.15, -0.1) is 0 Å². The summed E-state index contributed by atoms with van der Waals surface area (Å²) in [4.78, 5) is 47.1. The van der Waals surface area contributed by atoms with E-state index in [1.807, 2.05) is 6.92 Å². The second-order valence-electron chi connectivity index (χ2n) is 10.8. The molecule has 1 N–H and O–H groups in total. The molecule has 0 aromatic heterocycles. The topological polar surface area (TPSA) is 128 Å². The molecule has 3 aliphatic heterocycles. The molecule has 3 heterocycles.